The van der Waals surface area contributed by atoms with Crippen LogP contribution >= 0.6 is 11.6 Å². The van der Waals surface area contributed by atoms with Gasteiger partial charge in [0, 0.05) is 10.7 Å². The lowest BCUT2D eigenvalue weighted by atomic mass is 10.3. The van der Waals surface area contributed by atoms with E-state index in [-0.39, 0.29) is 16.4 Å². The number of anilines is 1. The average Bonchev–Trinajstić information content (AvgIpc) is 3.11. The summed E-state index contributed by atoms with van der Waals surface area (Å²) in [5.41, 5.74) is 0.467. The predicted octanol–water partition coefficient (Wildman–Crippen LogP) is 3.95. The smallest absolute Gasteiger partial charge is 0.339 e. The Morgan fingerprint density at radius 2 is 1.80 bits per heavy atom. The Morgan fingerprint density at radius 3 is 2.44 bits per heavy atom. The lowest BCUT2D eigenvalue weighted by Gasteiger charge is -2.08. The fourth-order valence-electron chi connectivity index (χ4n) is 1.99. The van der Waals surface area contributed by atoms with Gasteiger partial charge in [-0.25, -0.2) is 0 Å². The van der Waals surface area contributed by atoms with Gasteiger partial charge in [-0.3, -0.25) is 4.79 Å². The molecule has 1 heterocycles. The zero-order chi connectivity index (χ0) is 17.9. The van der Waals surface area contributed by atoms with Crippen LogP contribution in [0.4, 0.5) is 5.69 Å². The van der Waals surface area contributed by atoms with Gasteiger partial charge in [-0.1, -0.05) is 17.7 Å². The van der Waals surface area contributed by atoms with Crippen LogP contribution in [0.15, 0.2) is 76.2 Å². The zero-order valence-corrected chi connectivity index (χ0v) is 14.3. The minimum atomic E-state index is -3.99. The summed E-state index contributed by atoms with van der Waals surface area (Å²) in [6, 6.07) is 14.8. The second-order valence-electron chi connectivity index (χ2n) is 4.95. The molecule has 8 heteroatoms. The van der Waals surface area contributed by atoms with Crippen LogP contribution in [0.3, 0.4) is 0 Å². The first-order valence-corrected chi connectivity index (χ1v) is 8.88. The first-order valence-electron chi connectivity index (χ1n) is 7.09. The molecule has 0 spiro atoms. The maximum atomic E-state index is 12.2. The minimum absolute atomic E-state index is 0.0461. The van der Waals surface area contributed by atoms with Gasteiger partial charge in [0.1, 0.15) is 10.6 Å². The first-order chi connectivity index (χ1) is 11.9. The Kier molecular flexibility index (Phi) is 4.78. The highest BCUT2D eigenvalue weighted by Crippen LogP contribution is 2.22. The van der Waals surface area contributed by atoms with E-state index in [1.54, 1.807) is 12.1 Å². The molecule has 0 unspecified atom stereocenters. The number of benzene rings is 2. The molecule has 1 amide bonds. The van der Waals surface area contributed by atoms with Crippen molar-refractivity contribution in [2.24, 2.45) is 0 Å². The normalized spacial score (nSPS) is 11.1. The van der Waals surface area contributed by atoms with E-state index in [1.807, 2.05) is 0 Å². The summed E-state index contributed by atoms with van der Waals surface area (Å²) in [4.78, 5) is 11.8. The predicted molar refractivity (Wildman–Crippen MR) is 92.4 cm³/mol. The molecule has 3 rings (SSSR count). The number of rotatable bonds is 5. The molecule has 0 bridgehead atoms. The molecule has 2 aromatic carbocycles. The van der Waals surface area contributed by atoms with E-state index in [0.29, 0.717) is 10.7 Å². The highest BCUT2D eigenvalue weighted by molar-refractivity contribution is 7.87. The standard InChI is InChI=1S/C17H12ClNO5S/c18-12-3-1-4-15(11-12)25(21,22)24-14-8-6-13(7-9-14)19-17(20)16-5-2-10-23-16/h1-11H,(H,19,20). The van der Waals surface area contributed by atoms with Gasteiger partial charge >= 0.3 is 10.1 Å². The van der Waals surface area contributed by atoms with Crippen LogP contribution in [0.5, 0.6) is 5.75 Å². The van der Waals surface area contributed by atoms with Gasteiger partial charge < -0.3 is 13.9 Å². The van der Waals surface area contributed by atoms with Gasteiger partial charge in [0.15, 0.2) is 5.76 Å². The molecule has 25 heavy (non-hydrogen) atoms. The topological polar surface area (TPSA) is 85.6 Å². The quantitative estimate of drug-likeness (QED) is 0.680. The molecule has 0 radical (unpaired) electrons. The van der Waals surface area contributed by atoms with Crippen LogP contribution in [0, 0.1) is 0 Å². The monoisotopic (exact) mass is 377 g/mol. The van der Waals surface area contributed by atoms with Crippen molar-refractivity contribution in [3.8, 4) is 5.75 Å². The summed E-state index contributed by atoms with van der Waals surface area (Å²) in [7, 11) is -3.99. The van der Waals surface area contributed by atoms with Crippen molar-refractivity contribution >= 4 is 33.3 Å². The molecular formula is C17H12ClNO5S. The summed E-state index contributed by atoms with van der Waals surface area (Å²) >= 11 is 5.80. The van der Waals surface area contributed by atoms with Crippen LogP contribution in [0.25, 0.3) is 0 Å². The second-order valence-corrected chi connectivity index (χ2v) is 6.93. The molecule has 128 valence electrons. The Morgan fingerprint density at radius 1 is 1.04 bits per heavy atom. The van der Waals surface area contributed by atoms with E-state index in [1.165, 1.54) is 54.8 Å². The largest absolute Gasteiger partial charge is 0.459 e. The molecule has 0 fully saturated rings. The number of hydrogen-bond donors (Lipinski definition) is 1. The van der Waals surface area contributed by atoms with Crippen molar-refractivity contribution < 1.29 is 21.8 Å². The zero-order valence-electron chi connectivity index (χ0n) is 12.7. The average molecular weight is 378 g/mol. The number of hydrogen-bond acceptors (Lipinski definition) is 5. The van der Waals surface area contributed by atoms with Crippen molar-refractivity contribution in [1.29, 1.82) is 0 Å². The molecule has 1 aromatic heterocycles. The maximum Gasteiger partial charge on any atom is 0.339 e. The molecule has 6 nitrogen and oxygen atoms in total. The van der Waals surface area contributed by atoms with Crippen molar-refractivity contribution in [2.45, 2.75) is 4.90 Å². The summed E-state index contributed by atoms with van der Waals surface area (Å²) in [5, 5.41) is 2.91. The third kappa shape index (κ3) is 4.20. The van der Waals surface area contributed by atoms with E-state index in [4.69, 9.17) is 20.2 Å². The molecule has 0 saturated carbocycles. The number of halogens is 1. The fraction of sp³-hybridized carbons (Fsp3) is 0. The lowest BCUT2D eigenvalue weighted by Crippen LogP contribution is -2.11. The highest BCUT2D eigenvalue weighted by atomic mass is 35.5. The number of amides is 1. The van der Waals surface area contributed by atoms with E-state index < -0.39 is 16.0 Å². The van der Waals surface area contributed by atoms with Gasteiger partial charge in [-0.05, 0) is 54.6 Å². The molecule has 0 aliphatic carbocycles. The van der Waals surface area contributed by atoms with Gasteiger partial charge in [0.2, 0.25) is 0 Å². The number of carbonyl (C=O) groups is 1. The first kappa shape index (κ1) is 17.1. The van der Waals surface area contributed by atoms with Gasteiger partial charge in [-0.2, -0.15) is 8.42 Å². The van der Waals surface area contributed by atoms with E-state index in [9.17, 15) is 13.2 Å². The Hall–Kier alpha value is -2.77. The minimum Gasteiger partial charge on any atom is -0.459 e. The summed E-state index contributed by atoms with van der Waals surface area (Å²) in [5.74, 6) is -0.134. The maximum absolute atomic E-state index is 12.2. The van der Waals surface area contributed by atoms with Crippen LogP contribution < -0.4 is 9.50 Å². The van der Waals surface area contributed by atoms with Crippen LogP contribution in [-0.4, -0.2) is 14.3 Å². The van der Waals surface area contributed by atoms with Crippen LogP contribution in [-0.2, 0) is 10.1 Å². The molecule has 0 aliphatic rings. The Labute approximate surface area is 149 Å². The van der Waals surface area contributed by atoms with E-state index in [0.717, 1.165) is 0 Å². The van der Waals surface area contributed by atoms with Gasteiger partial charge in [-0.15, -0.1) is 0 Å². The van der Waals surface area contributed by atoms with Crippen molar-refractivity contribution in [2.75, 3.05) is 5.32 Å². The molecular weight excluding hydrogens is 366 g/mol. The molecule has 1 N–H and O–H groups in total. The summed E-state index contributed by atoms with van der Waals surface area (Å²) < 4.78 is 34.5. The van der Waals surface area contributed by atoms with E-state index in [2.05, 4.69) is 5.32 Å². The second kappa shape index (κ2) is 7.00. The fourth-order valence-corrected chi connectivity index (χ4v) is 3.22. The summed E-state index contributed by atoms with van der Waals surface area (Å²) in [6.07, 6.45) is 1.40. The highest BCUT2D eigenvalue weighted by Gasteiger charge is 2.17. The number of carbonyl (C=O) groups excluding carboxylic acids is 1. The molecule has 0 atom stereocenters. The Balaban J connectivity index is 1.71. The lowest BCUT2D eigenvalue weighted by molar-refractivity contribution is 0.0996. The SMILES string of the molecule is O=C(Nc1ccc(OS(=O)(=O)c2cccc(Cl)c2)cc1)c1ccco1. The van der Waals surface area contributed by atoms with E-state index >= 15 is 0 Å². The number of furan rings is 1. The Bertz CT molecular complexity index is 982. The van der Waals surface area contributed by atoms with Crippen LogP contribution in [0.2, 0.25) is 5.02 Å². The third-order valence-corrected chi connectivity index (χ3v) is 4.63. The molecule has 3 aromatic rings. The van der Waals surface area contributed by atoms with Crippen molar-refractivity contribution in [3.05, 3.63) is 77.7 Å². The van der Waals surface area contributed by atoms with Crippen molar-refractivity contribution in [1.82, 2.24) is 0 Å². The van der Waals surface area contributed by atoms with Crippen LogP contribution in [0.1, 0.15) is 10.6 Å². The van der Waals surface area contributed by atoms with Gasteiger partial charge in [0.05, 0.1) is 6.26 Å². The van der Waals surface area contributed by atoms with Crippen molar-refractivity contribution in [3.63, 3.8) is 0 Å². The molecule has 0 saturated heterocycles. The summed E-state index contributed by atoms with van der Waals surface area (Å²) in [6.45, 7) is 0. The number of nitrogens with one attached hydrogen (secondary N) is 1. The third-order valence-electron chi connectivity index (χ3n) is 3.15. The molecule has 0 aliphatic heterocycles. The van der Waals surface area contributed by atoms with Gasteiger partial charge in [0.25, 0.3) is 5.91 Å².